The maximum atomic E-state index is 12.5. The van der Waals surface area contributed by atoms with Crippen molar-refractivity contribution in [2.45, 2.75) is 26.8 Å². The van der Waals surface area contributed by atoms with Gasteiger partial charge in [0, 0.05) is 23.0 Å². The summed E-state index contributed by atoms with van der Waals surface area (Å²) in [5.74, 6) is -0.254. The molecule has 0 saturated carbocycles. The SMILES string of the molecule is Cc1cc(=O)n(C(C)C(=O)Nc2nccs2)c2c(C)cccc12. The van der Waals surface area contributed by atoms with Gasteiger partial charge in [0.15, 0.2) is 5.13 Å². The van der Waals surface area contributed by atoms with Gasteiger partial charge in [-0.15, -0.1) is 11.3 Å². The van der Waals surface area contributed by atoms with Gasteiger partial charge in [-0.05, 0) is 31.9 Å². The summed E-state index contributed by atoms with van der Waals surface area (Å²) in [6, 6.07) is 6.83. The van der Waals surface area contributed by atoms with Crippen molar-refractivity contribution in [3.05, 3.63) is 57.3 Å². The second kappa shape index (κ2) is 5.96. The maximum absolute atomic E-state index is 12.5. The van der Waals surface area contributed by atoms with Gasteiger partial charge in [0.25, 0.3) is 5.56 Å². The molecular weight excluding hydrogens is 310 g/mol. The summed E-state index contributed by atoms with van der Waals surface area (Å²) in [6.07, 6.45) is 1.63. The summed E-state index contributed by atoms with van der Waals surface area (Å²) in [5.41, 5.74) is 2.51. The molecule has 0 radical (unpaired) electrons. The molecule has 1 aromatic carbocycles. The van der Waals surface area contributed by atoms with Gasteiger partial charge in [-0.3, -0.25) is 14.2 Å². The number of pyridine rings is 1. The molecule has 1 atom stereocenters. The summed E-state index contributed by atoms with van der Waals surface area (Å²) < 4.78 is 1.56. The molecule has 0 spiro atoms. The monoisotopic (exact) mass is 327 g/mol. The molecule has 1 amide bonds. The number of hydrogen-bond donors (Lipinski definition) is 1. The van der Waals surface area contributed by atoms with Gasteiger partial charge >= 0.3 is 0 Å². The van der Waals surface area contributed by atoms with E-state index in [1.54, 1.807) is 29.1 Å². The van der Waals surface area contributed by atoms with Crippen LogP contribution in [0, 0.1) is 13.8 Å². The second-order valence-corrected chi connectivity index (χ2v) is 6.40. The van der Waals surface area contributed by atoms with Crippen molar-refractivity contribution in [1.82, 2.24) is 9.55 Å². The number of thiazole rings is 1. The highest BCUT2D eigenvalue weighted by Crippen LogP contribution is 2.23. The summed E-state index contributed by atoms with van der Waals surface area (Å²) >= 11 is 1.35. The lowest BCUT2D eigenvalue weighted by Crippen LogP contribution is -2.32. The lowest BCUT2D eigenvalue weighted by Gasteiger charge is -2.19. The van der Waals surface area contributed by atoms with E-state index in [1.807, 2.05) is 32.0 Å². The van der Waals surface area contributed by atoms with Crippen LogP contribution in [0.4, 0.5) is 5.13 Å². The first-order chi connectivity index (χ1) is 11.0. The Bertz CT molecular complexity index is 929. The van der Waals surface area contributed by atoms with Gasteiger partial charge in [-0.2, -0.15) is 0 Å². The molecule has 0 aliphatic heterocycles. The maximum Gasteiger partial charge on any atom is 0.252 e. The largest absolute Gasteiger partial charge is 0.300 e. The zero-order valence-electron chi connectivity index (χ0n) is 13.2. The standard InChI is InChI=1S/C17H17N3O2S/c1-10-5-4-6-13-11(2)9-14(21)20(15(10)13)12(3)16(22)19-17-18-7-8-23-17/h4-9,12H,1-3H3,(H,18,19,22). The Morgan fingerprint density at radius 3 is 2.78 bits per heavy atom. The Morgan fingerprint density at radius 2 is 2.09 bits per heavy atom. The molecule has 5 nitrogen and oxygen atoms in total. The third-order valence-corrected chi connectivity index (χ3v) is 4.60. The van der Waals surface area contributed by atoms with Crippen LogP contribution in [0.5, 0.6) is 0 Å². The normalized spacial score (nSPS) is 12.3. The number of carbonyl (C=O) groups excluding carboxylic acids is 1. The molecule has 2 heterocycles. The van der Waals surface area contributed by atoms with Crippen molar-refractivity contribution in [2.75, 3.05) is 5.32 Å². The van der Waals surface area contributed by atoms with Crippen molar-refractivity contribution in [3.8, 4) is 0 Å². The van der Waals surface area contributed by atoms with Crippen LogP contribution in [-0.4, -0.2) is 15.5 Å². The molecule has 0 bridgehead atoms. The molecule has 118 valence electrons. The van der Waals surface area contributed by atoms with Crippen LogP contribution in [0.15, 0.2) is 40.6 Å². The summed E-state index contributed by atoms with van der Waals surface area (Å²) in [5, 5.41) is 6.06. The molecule has 0 aliphatic rings. The first-order valence-electron chi connectivity index (χ1n) is 7.31. The number of anilines is 1. The minimum Gasteiger partial charge on any atom is -0.300 e. The van der Waals surface area contributed by atoms with Gasteiger partial charge in [0.05, 0.1) is 5.52 Å². The van der Waals surface area contributed by atoms with E-state index in [1.165, 1.54) is 11.3 Å². The van der Waals surface area contributed by atoms with Crippen molar-refractivity contribution < 1.29 is 4.79 Å². The molecule has 2 aromatic heterocycles. The van der Waals surface area contributed by atoms with Crippen LogP contribution in [0.2, 0.25) is 0 Å². The van der Waals surface area contributed by atoms with Crippen LogP contribution < -0.4 is 10.9 Å². The number of carbonyl (C=O) groups is 1. The summed E-state index contributed by atoms with van der Waals surface area (Å²) in [6.45, 7) is 5.59. The quantitative estimate of drug-likeness (QED) is 0.803. The fourth-order valence-corrected chi connectivity index (χ4v) is 3.27. The lowest BCUT2D eigenvalue weighted by molar-refractivity contribution is -0.118. The topological polar surface area (TPSA) is 64.0 Å². The van der Waals surface area contributed by atoms with E-state index in [-0.39, 0.29) is 11.5 Å². The fourth-order valence-electron chi connectivity index (χ4n) is 2.74. The minimum absolute atomic E-state index is 0.175. The highest BCUT2D eigenvalue weighted by molar-refractivity contribution is 7.13. The van der Waals surface area contributed by atoms with E-state index in [0.717, 1.165) is 22.0 Å². The van der Waals surface area contributed by atoms with Crippen LogP contribution in [-0.2, 0) is 4.79 Å². The number of nitrogens with one attached hydrogen (secondary N) is 1. The predicted molar refractivity (Wildman–Crippen MR) is 93.1 cm³/mol. The van der Waals surface area contributed by atoms with Crippen molar-refractivity contribution in [3.63, 3.8) is 0 Å². The van der Waals surface area contributed by atoms with Gasteiger partial charge in [-0.1, -0.05) is 18.2 Å². The summed E-state index contributed by atoms with van der Waals surface area (Å²) in [4.78, 5) is 29.1. The highest BCUT2D eigenvalue weighted by Gasteiger charge is 2.20. The Hall–Kier alpha value is -2.47. The molecule has 1 N–H and O–H groups in total. The average Bonchev–Trinajstić information content (AvgIpc) is 3.01. The number of nitrogens with zero attached hydrogens (tertiary/aromatic N) is 2. The van der Waals surface area contributed by atoms with E-state index in [2.05, 4.69) is 10.3 Å². The first-order valence-corrected chi connectivity index (χ1v) is 8.19. The Morgan fingerprint density at radius 1 is 1.30 bits per heavy atom. The van der Waals surface area contributed by atoms with E-state index in [9.17, 15) is 9.59 Å². The van der Waals surface area contributed by atoms with Crippen LogP contribution >= 0.6 is 11.3 Å². The number of rotatable bonds is 3. The third kappa shape index (κ3) is 2.77. The van der Waals surface area contributed by atoms with Gasteiger partial charge in [0.1, 0.15) is 6.04 Å². The van der Waals surface area contributed by atoms with Crippen molar-refractivity contribution in [1.29, 1.82) is 0 Å². The Kier molecular flexibility index (Phi) is 4.00. The number of benzene rings is 1. The van der Waals surface area contributed by atoms with Crippen molar-refractivity contribution in [2.24, 2.45) is 0 Å². The van der Waals surface area contributed by atoms with Gasteiger partial charge in [-0.25, -0.2) is 4.98 Å². The fraction of sp³-hybridized carbons (Fsp3) is 0.235. The van der Waals surface area contributed by atoms with Crippen molar-refractivity contribution >= 4 is 33.3 Å². The first kappa shape index (κ1) is 15.4. The summed E-state index contributed by atoms with van der Waals surface area (Å²) in [7, 11) is 0. The predicted octanol–water partition coefficient (Wildman–Crippen LogP) is 3.27. The van der Waals surface area contributed by atoms with Gasteiger partial charge in [0.2, 0.25) is 5.91 Å². The van der Waals surface area contributed by atoms with Gasteiger partial charge < -0.3 is 5.32 Å². The smallest absolute Gasteiger partial charge is 0.252 e. The molecule has 0 fully saturated rings. The molecule has 1 unspecified atom stereocenters. The van der Waals surface area contributed by atoms with E-state index in [0.29, 0.717) is 5.13 Å². The van der Waals surface area contributed by atoms with Crippen LogP contribution in [0.1, 0.15) is 24.1 Å². The Labute approximate surface area is 137 Å². The number of fused-ring (bicyclic) bond motifs is 1. The molecular formula is C17H17N3O2S. The highest BCUT2D eigenvalue weighted by atomic mass is 32.1. The minimum atomic E-state index is -0.629. The number of para-hydroxylation sites is 1. The molecule has 3 rings (SSSR count). The number of aryl methyl sites for hydroxylation is 2. The van der Waals surface area contributed by atoms with E-state index < -0.39 is 6.04 Å². The number of hydrogen-bond acceptors (Lipinski definition) is 4. The zero-order valence-corrected chi connectivity index (χ0v) is 14.0. The molecule has 0 saturated heterocycles. The average molecular weight is 327 g/mol. The molecule has 6 heteroatoms. The van der Waals surface area contributed by atoms with Crippen LogP contribution in [0.25, 0.3) is 10.9 Å². The van der Waals surface area contributed by atoms with E-state index >= 15 is 0 Å². The number of amides is 1. The number of aromatic nitrogens is 2. The molecule has 23 heavy (non-hydrogen) atoms. The third-order valence-electron chi connectivity index (χ3n) is 3.91. The zero-order chi connectivity index (χ0) is 16.6. The Balaban J connectivity index is 2.12. The van der Waals surface area contributed by atoms with Crippen LogP contribution in [0.3, 0.4) is 0 Å². The molecule has 3 aromatic rings. The van der Waals surface area contributed by atoms with E-state index in [4.69, 9.17) is 0 Å². The lowest BCUT2D eigenvalue weighted by atomic mass is 10.1. The second-order valence-electron chi connectivity index (χ2n) is 5.51. The molecule has 0 aliphatic carbocycles.